The van der Waals surface area contributed by atoms with Gasteiger partial charge in [-0.05, 0) is 377 Å². The molecule has 0 aromatic heterocycles. The van der Waals surface area contributed by atoms with Crippen LogP contribution in [0.3, 0.4) is 0 Å². The maximum absolute atomic E-state index is 16.6. The molecule has 26 aromatic carbocycles. The largest absolute Gasteiger partial charge is 0.378 e. The first-order valence-corrected chi connectivity index (χ1v) is 33.0. The lowest BCUT2D eigenvalue weighted by molar-refractivity contribution is -0.113. The van der Waals surface area contributed by atoms with Gasteiger partial charge in [-0.2, -0.15) is 0 Å². The van der Waals surface area contributed by atoms with E-state index in [-0.39, 0.29) is 5.41 Å². The Balaban J connectivity index is 0.966. The van der Waals surface area contributed by atoms with E-state index in [0.717, 1.165) is 44.2 Å². The molecule has 3 unspecified atom stereocenters. The molecule has 12 bridgehead atoms. The van der Waals surface area contributed by atoms with E-state index in [1.54, 1.807) is 310 Å². The molecule has 3 atom stereocenters. The van der Waals surface area contributed by atoms with Gasteiger partial charge in [0.05, 0.1) is 21.9 Å². The Morgan fingerprint density at radius 3 is 0.839 bits per heavy atom. The maximum Gasteiger partial charge on any atom is 0.128 e. The average molecular weight is 1080 g/mol. The first-order valence-electron chi connectivity index (χ1n) is 33.0. The number of hydrogen-bond donors (Lipinski definition) is 0. The molecular formula is C84H28N2O. The van der Waals surface area contributed by atoms with Gasteiger partial charge in [-0.25, -0.2) is 0 Å². The van der Waals surface area contributed by atoms with Gasteiger partial charge >= 0.3 is 0 Å². The van der Waals surface area contributed by atoms with Crippen LogP contribution in [0, 0.1) is 10.8 Å². The zero-order chi connectivity index (χ0) is 53.2. The fourth-order valence-corrected chi connectivity index (χ4v) is 31.4. The molecule has 0 saturated heterocycles. The third kappa shape index (κ3) is 2.03. The first kappa shape index (κ1) is 35.7. The molecule has 14 aliphatic rings. The highest BCUT2D eigenvalue weighted by Crippen LogP contribution is 3.02. The second-order valence-electron chi connectivity index (χ2n) is 32.3. The molecule has 0 aliphatic heterocycles. The molecule has 3 nitrogen and oxygen atoms in total. The van der Waals surface area contributed by atoms with E-state index in [1.165, 1.54) is 16.8 Å². The van der Waals surface area contributed by atoms with Crippen molar-refractivity contribution in [1.82, 2.24) is 0 Å². The fourth-order valence-electron chi connectivity index (χ4n) is 31.4. The topological polar surface area (TPSA) is 32.7 Å². The lowest BCUT2D eigenvalue weighted by Gasteiger charge is -2.34. The van der Waals surface area contributed by atoms with Crippen molar-refractivity contribution in [1.29, 1.82) is 0 Å². The highest BCUT2D eigenvalue weighted by atomic mass is 16.1. The van der Waals surface area contributed by atoms with Crippen LogP contribution in [0.1, 0.15) is 81.3 Å². The Labute approximate surface area is 483 Å². The molecule has 380 valence electrons. The van der Waals surface area contributed by atoms with E-state index in [9.17, 15) is 0 Å². The summed E-state index contributed by atoms with van der Waals surface area (Å²) in [5, 5.41) is 74.7. The number of carbonyl (C=O) groups is 1. The Bertz CT molecular complexity index is 7910. The summed E-state index contributed by atoms with van der Waals surface area (Å²) >= 11 is 0. The van der Waals surface area contributed by atoms with Crippen LogP contribution in [-0.2, 0) is 39.3 Å². The average Bonchev–Trinajstić information content (AvgIpc) is 1.34. The summed E-state index contributed by atoms with van der Waals surface area (Å²) in [6.45, 7) is 0. The molecule has 40 rings (SSSR count). The van der Waals surface area contributed by atoms with Crippen LogP contribution in [-0.4, -0.2) is 26.6 Å². The molecule has 26 aromatic rings. The third-order valence-corrected chi connectivity index (χ3v) is 31.8. The van der Waals surface area contributed by atoms with Gasteiger partial charge in [0.2, 0.25) is 0 Å². The van der Waals surface area contributed by atoms with Crippen molar-refractivity contribution in [2.45, 2.75) is 60.2 Å². The van der Waals surface area contributed by atoms with Gasteiger partial charge in [-0.1, -0.05) is 24.3 Å². The Morgan fingerprint density at radius 1 is 0.310 bits per heavy atom. The smallest absolute Gasteiger partial charge is 0.128 e. The van der Waals surface area contributed by atoms with E-state index in [4.69, 9.17) is 4.99 Å². The quantitative estimate of drug-likeness (QED) is 0.0999. The zero-order valence-corrected chi connectivity index (χ0v) is 46.3. The monoisotopic (exact) mass is 1080 g/mol. The molecule has 2 fully saturated rings. The van der Waals surface area contributed by atoms with Gasteiger partial charge in [0.25, 0.3) is 0 Å². The second kappa shape index (κ2) is 8.45. The van der Waals surface area contributed by atoms with E-state index in [0.29, 0.717) is 0 Å². The summed E-state index contributed by atoms with van der Waals surface area (Å²) in [6, 6.07) is 19.1. The Hall–Kier alpha value is -9.70. The zero-order valence-electron chi connectivity index (χ0n) is 46.3. The van der Waals surface area contributed by atoms with E-state index in [2.05, 4.69) is 73.7 Å². The van der Waals surface area contributed by atoms with Gasteiger partial charge in [-0.3, -0.25) is 4.99 Å². The number of aldehydes is 1. The summed E-state index contributed by atoms with van der Waals surface area (Å²) in [6.07, 6.45) is 10.5. The molecule has 0 amide bonds. The number of nitrogens with zero attached hydrogens (tertiary/aromatic N) is 2. The SMILES string of the molecule is CN(C)c1ccc(N=CC23CCCc4ccc(cc4)CCCC4(C=O)C56c7c8c9c%10c%11c%12c%13c%14c%15c%16c%17c(c-8c8c%18c%19c(c%20c%21c5c5c7c%10c7c%11c%10c%13c%11c%13c%14c%14c%16c(c%17%18)c%16c%19c%17c%20c%18c%21c%19c5c7c5c%10c%11c7c(c%195)c%18c5c%17c%16c%14c%13c57)C846)C92C%12%153)cc1. The van der Waals surface area contributed by atoms with Crippen molar-refractivity contribution in [3.05, 3.63) is 104 Å². The van der Waals surface area contributed by atoms with Crippen LogP contribution in [0.15, 0.2) is 53.5 Å². The van der Waals surface area contributed by atoms with Crippen molar-refractivity contribution in [2.24, 2.45) is 15.8 Å². The van der Waals surface area contributed by atoms with Crippen molar-refractivity contribution in [3.8, 4) is 11.1 Å². The van der Waals surface area contributed by atoms with Crippen LogP contribution in [0.4, 0.5) is 11.4 Å². The minimum Gasteiger partial charge on any atom is -0.378 e. The minimum absolute atomic E-state index is 0.389. The molecule has 87 heavy (non-hydrogen) atoms. The summed E-state index contributed by atoms with van der Waals surface area (Å²) < 4.78 is 0. The number of aryl methyl sites for hydroxylation is 2. The molecule has 2 saturated carbocycles. The highest BCUT2D eigenvalue weighted by molar-refractivity contribution is 6.79. The lowest BCUT2D eigenvalue weighted by atomic mass is 9.66. The maximum atomic E-state index is 16.6. The van der Waals surface area contributed by atoms with Crippen molar-refractivity contribution in [3.63, 3.8) is 0 Å². The van der Waals surface area contributed by atoms with Crippen LogP contribution < -0.4 is 4.90 Å². The summed E-state index contributed by atoms with van der Waals surface area (Å²) in [5.74, 6) is 0. The summed E-state index contributed by atoms with van der Waals surface area (Å²) in [7, 11) is 4.32. The molecule has 14 aliphatic carbocycles. The highest BCUT2D eigenvalue weighted by Gasteiger charge is 2.99. The second-order valence-corrected chi connectivity index (χ2v) is 32.3. The summed E-state index contributed by atoms with van der Waals surface area (Å²) in [5.41, 5.74) is 18.9. The van der Waals surface area contributed by atoms with E-state index >= 15 is 4.79 Å². The van der Waals surface area contributed by atoms with Gasteiger partial charge in [0.1, 0.15) is 6.29 Å². The van der Waals surface area contributed by atoms with Gasteiger partial charge in [0, 0.05) is 42.2 Å². The van der Waals surface area contributed by atoms with E-state index < -0.39 is 27.1 Å². The van der Waals surface area contributed by atoms with Crippen molar-refractivity contribution < 1.29 is 4.79 Å². The molecular weight excluding hydrogens is 1050 g/mol. The molecule has 0 heterocycles. The van der Waals surface area contributed by atoms with Crippen LogP contribution in [0.2, 0.25) is 0 Å². The lowest BCUT2D eigenvalue weighted by Crippen LogP contribution is -2.28. The molecule has 3 heteroatoms. The first-order chi connectivity index (χ1) is 43.1. The normalized spacial score (nSPS) is 28.8. The van der Waals surface area contributed by atoms with E-state index in [1.807, 2.05) is 0 Å². The number of carbonyl (C=O) groups excluding carboxylic acids is 1. The molecule has 0 N–H and O–H groups in total. The molecule has 0 radical (unpaired) electrons. The molecule has 4 spiro atoms. The van der Waals surface area contributed by atoms with Crippen LogP contribution >= 0.6 is 0 Å². The fraction of sp³-hybridized carbons (Fsp3) is 0.167. The van der Waals surface area contributed by atoms with Crippen LogP contribution in [0.25, 0.3) is 259 Å². The minimum atomic E-state index is -0.670. The van der Waals surface area contributed by atoms with Crippen molar-refractivity contribution >= 4 is 272 Å². The predicted octanol–water partition coefficient (Wildman–Crippen LogP) is 19.8. The number of anilines is 1. The third-order valence-electron chi connectivity index (χ3n) is 31.8. The van der Waals surface area contributed by atoms with Gasteiger partial charge < -0.3 is 9.69 Å². The van der Waals surface area contributed by atoms with Crippen molar-refractivity contribution in [2.75, 3.05) is 19.0 Å². The number of hydrogen-bond acceptors (Lipinski definition) is 3. The van der Waals surface area contributed by atoms with Gasteiger partial charge in [0.15, 0.2) is 0 Å². The standard InChI is InChI=1S/C84H28N2O/c1-86(2)22-13-11-21(12-14-22)85-17-79-15-3-5-19-7-9-20(10-8-19)6-4-16-80(18-87)83-73-59-51-40-32-25-23-24-26-31(25)44(51)52-41-33(26)30-35-28(24)37-36-27(23)34-29(32)38-45-53-42(34)47(36)57-58-48(37)43(35)54-46-39(30)50(41)64-68-56(46)66-62(54)72(58)81(79)71(57)61(53)65-55(45)67(63(73)49(38)40)77(83)69-70(76(66)82(79,81)75(65)69)78(68)84(80,83)74(64)60(52)59/h7-14,17-18H,3-6,15-16H2,1-2H3. The summed E-state index contributed by atoms with van der Waals surface area (Å²) in [4.78, 5) is 24.9. The number of rotatable bonds is 4. The van der Waals surface area contributed by atoms with Gasteiger partial charge in [-0.15, -0.1) is 0 Å². The predicted molar refractivity (Wildman–Crippen MR) is 358 cm³/mol. The number of benzene rings is 18. The Morgan fingerprint density at radius 2 is 0.552 bits per heavy atom. The Kier molecular flexibility index (Phi) is 3.46. The van der Waals surface area contributed by atoms with Crippen LogP contribution in [0.5, 0.6) is 0 Å². The number of aliphatic imine (C=N–C) groups is 1.